The quantitative estimate of drug-likeness (QED) is 0.483. The fraction of sp³-hybridized carbons (Fsp3) is 0.308. The summed E-state index contributed by atoms with van der Waals surface area (Å²) in [6, 6.07) is 4.07. The first-order chi connectivity index (χ1) is 9.13. The Bertz CT molecular complexity index is 534. The number of aliphatic hydroxyl groups excluding tert-OH is 1. The fourth-order valence-electron chi connectivity index (χ4n) is 1.67. The van der Waals surface area contributed by atoms with Crippen molar-refractivity contribution >= 4 is 17.9 Å². The Balaban J connectivity index is 2.06. The molecule has 1 heterocycles. The van der Waals surface area contributed by atoms with E-state index in [9.17, 15) is 14.4 Å². The van der Waals surface area contributed by atoms with Gasteiger partial charge in [-0.15, -0.1) is 0 Å². The number of carbonyl (C=O) groups excluding carboxylic acids is 3. The third kappa shape index (κ3) is 2.79. The molecule has 1 N–H and O–H groups in total. The first-order valence-corrected chi connectivity index (χ1v) is 5.82. The molecule has 6 nitrogen and oxygen atoms in total. The molecule has 19 heavy (non-hydrogen) atoms. The highest BCUT2D eigenvalue weighted by Crippen LogP contribution is 2.21. The van der Waals surface area contributed by atoms with Gasteiger partial charge in [0.05, 0.1) is 23.3 Å². The lowest BCUT2D eigenvalue weighted by atomic mass is 10.1. The molecule has 6 heteroatoms. The van der Waals surface area contributed by atoms with E-state index in [0.717, 1.165) is 0 Å². The smallest absolute Gasteiger partial charge is 0.346 e. The minimum atomic E-state index is -0.755. The molecule has 0 aliphatic carbocycles. The molecule has 0 amide bonds. The molecule has 0 radical (unpaired) electrons. The molecule has 1 aliphatic heterocycles. The van der Waals surface area contributed by atoms with Crippen LogP contribution in [0.2, 0.25) is 0 Å². The lowest BCUT2D eigenvalue weighted by molar-refractivity contribution is 0.0442. The van der Waals surface area contributed by atoms with Gasteiger partial charge in [-0.05, 0) is 31.0 Å². The van der Waals surface area contributed by atoms with Crippen molar-refractivity contribution in [2.75, 3.05) is 13.2 Å². The topological polar surface area (TPSA) is 89.9 Å². The molecular weight excluding hydrogens is 252 g/mol. The van der Waals surface area contributed by atoms with Crippen molar-refractivity contribution in [3.05, 3.63) is 34.9 Å². The van der Waals surface area contributed by atoms with Gasteiger partial charge in [0.1, 0.15) is 0 Å². The number of rotatable bonds is 5. The van der Waals surface area contributed by atoms with Gasteiger partial charge in [0, 0.05) is 6.61 Å². The number of ether oxygens (including phenoxy) is 2. The molecule has 0 saturated heterocycles. The number of unbranched alkanes of at least 4 members (excludes halogenated alkanes) is 1. The number of hydrogen-bond donors (Lipinski definition) is 1. The van der Waals surface area contributed by atoms with Gasteiger partial charge in [-0.2, -0.15) is 0 Å². The molecule has 0 atom stereocenters. The highest BCUT2D eigenvalue weighted by molar-refractivity contribution is 6.15. The van der Waals surface area contributed by atoms with Gasteiger partial charge in [-0.1, -0.05) is 0 Å². The number of benzene rings is 1. The summed E-state index contributed by atoms with van der Waals surface area (Å²) < 4.78 is 9.39. The summed E-state index contributed by atoms with van der Waals surface area (Å²) in [5.41, 5.74) is 0.422. The number of esters is 3. The summed E-state index contributed by atoms with van der Waals surface area (Å²) in [5.74, 6) is -2.04. The second-order valence-corrected chi connectivity index (χ2v) is 4.00. The van der Waals surface area contributed by atoms with Crippen LogP contribution in [0, 0.1) is 0 Å². The van der Waals surface area contributed by atoms with Gasteiger partial charge < -0.3 is 14.6 Å². The van der Waals surface area contributed by atoms with Gasteiger partial charge in [-0.25, -0.2) is 14.4 Å². The lowest BCUT2D eigenvalue weighted by Crippen LogP contribution is -2.08. The molecule has 1 aromatic carbocycles. The maximum absolute atomic E-state index is 11.7. The number of hydrogen-bond acceptors (Lipinski definition) is 6. The van der Waals surface area contributed by atoms with Crippen molar-refractivity contribution in [2.45, 2.75) is 12.8 Å². The van der Waals surface area contributed by atoms with E-state index >= 15 is 0 Å². The van der Waals surface area contributed by atoms with Crippen LogP contribution >= 0.6 is 0 Å². The molecule has 0 saturated carbocycles. The predicted molar refractivity (Wildman–Crippen MR) is 62.8 cm³/mol. The summed E-state index contributed by atoms with van der Waals surface area (Å²) in [4.78, 5) is 34.2. The van der Waals surface area contributed by atoms with E-state index < -0.39 is 17.9 Å². The summed E-state index contributed by atoms with van der Waals surface area (Å²) >= 11 is 0. The normalized spacial score (nSPS) is 13.1. The second-order valence-electron chi connectivity index (χ2n) is 4.00. The Morgan fingerprint density at radius 2 is 1.89 bits per heavy atom. The van der Waals surface area contributed by atoms with Crippen LogP contribution in [0.5, 0.6) is 0 Å². The molecule has 0 spiro atoms. The second kappa shape index (κ2) is 5.62. The number of carbonyl (C=O) groups is 3. The third-order valence-corrected chi connectivity index (χ3v) is 2.67. The summed E-state index contributed by atoms with van der Waals surface area (Å²) in [6.45, 7) is 0.240. The Labute approximate surface area is 108 Å². The highest BCUT2D eigenvalue weighted by atomic mass is 16.6. The molecule has 0 aromatic heterocycles. The monoisotopic (exact) mass is 264 g/mol. The minimum absolute atomic E-state index is 0.0460. The van der Waals surface area contributed by atoms with Crippen LogP contribution < -0.4 is 0 Å². The number of aliphatic hydroxyl groups is 1. The summed E-state index contributed by atoms with van der Waals surface area (Å²) in [7, 11) is 0. The van der Waals surface area contributed by atoms with Crippen LogP contribution in [-0.2, 0) is 9.47 Å². The van der Waals surface area contributed by atoms with Gasteiger partial charge >= 0.3 is 17.9 Å². The van der Waals surface area contributed by atoms with E-state index in [1.54, 1.807) is 0 Å². The van der Waals surface area contributed by atoms with Crippen molar-refractivity contribution in [1.82, 2.24) is 0 Å². The van der Waals surface area contributed by atoms with Crippen LogP contribution in [-0.4, -0.2) is 36.2 Å². The van der Waals surface area contributed by atoms with Crippen LogP contribution in [0.4, 0.5) is 0 Å². The molecular formula is C13H12O6. The number of fused-ring (bicyclic) bond motifs is 1. The maximum atomic E-state index is 11.7. The van der Waals surface area contributed by atoms with Crippen LogP contribution in [0.3, 0.4) is 0 Å². The number of cyclic esters (lactones) is 2. The van der Waals surface area contributed by atoms with Gasteiger partial charge in [0.15, 0.2) is 0 Å². The minimum Gasteiger partial charge on any atom is -0.462 e. The van der Waals surface area contributed by atoms with Crippen molar-refractivity contribution < 1.29 is 29.0 Å². The predicted octanol–water partition coefficient (Wildman–Crippen LogP) is 0.926. The first kappa shape index (κ1) is 13.2. The standard InChI is InChI=1S/C13H12O6/c14-5-1-2-6-18-11(15)8-3-4-9-10(7-8)13(17)19-12(9)16/h3-4,7,14H,1-2,5-6H2. The fourth-order valence-corrected chi connectivity index (χ4v) is 1.67. The Hall–Kier alpha value is -2.21. The molecule has 0 fully saturated rings. The molecule has 0 unspecified atom stereocenters. The van der Waals surface area contributed by atoms with Crippen molar-refractivity contribution in [3.8, 4) is 0 Å². The molecule has 0 bridgehead atoms. The van der Waals surface area contributed by atoms with Crippen LogP contribution in [0.1, 0.15) is 43.9 Å². The zero-order valence-corrected chi connectivity index (χ0v) is 10.0. The SMILES string of the molecule is O=C(OCCCCO)c1ccc2c(c1)C(=O)OC2=O. The molecule has 100 valence electrons. The highest BCUT2D eigenvalue weighted by Gasteiger charge is 2.30. The van der Waals surface area contributed by atoms with E-state index in [-0.39, 0.29) is 29.9 Å². The zero-order valence-electron chi connectivity index (χ0n) is 10.0. The zero-order chi connectivity index (χ0) is 13.8. The maximum Gasteiger partial charge on any atom is 0.346 e. The molecule has 2 rings (SSSR count). The lowest BCUT2D eigenvalue weighted by Gasteiger charge is -2.04. The van der Waals surface area contributed by atoms with E-state index in [1.807, 2.05) is 0 Å². The van der Waals surface area contributed by atoms with Gasteiger partial charge in [0.2, 0.25) is 0 Å². The summed E-state index contributed by atoms with van der Waals surface area (Å²) in [5, 5.41) is 8.58. The average molecular weight is 264 g/mol. The van der Waals surface area contributed by atoms with Gasteiger partial charge in [-0.3, -0.25) is 0 Å². The van der Waals surface area contributed by atoms with Crippen LogP contribution in [0.15, 0.2) is 18.2 Å². The van der Waals surface area contributed by atoms with E-state index in [2.05, 4.69) is 4.74 Å². The Morgan fingerprint density at radius 3 is 2.63 bits per heavy atom. The third-order valence-electron chi connectivity index (χ3n) is 2.67. The van der Waals surface area contributed by atoms with E-state index in [4.69, 9.17) is 9.84 Å². The first-order valence-electron chi connectivity index (χ1n) is 5.82. The summed E-state index contributed by atoms with van der Waals surface area (Å²) in [6.07, 6.45) is 1.12. The van der Waals surface area contributed by atoms with Crippen molar-refractivity contribution in [2.24, 2.45) is 0 Å². The van der Waals surface area contributed by atoms with E-state index in [1.165, 1.54) is 18.2 Å². The Kier molecular flexibility index (Phi) is 3.91. The van der Waals surface area contributed by atoms with Crippen molar-refractivity contribution in [1.29, 1.82) is 0 Å². The average Bonchev–Trinajstić information content (AvgIpc) is 2.69. The largest absolute Gasteiger partial charge is 0.462 e. The van der Waals surface area contributed by atoms with Crippen molar-refractivity contribution in [3.63, 3.8) is 0 Å². The van der Waals surface area contributed by atoms with Gasteiger partial charge in [0.25, 0.3) is 0 Å². The van der Waals surface area contributed by atoms with Crippen LogP contribution in [0.25, 0.3) is 0 Å². The Morgan fingerprint density at radius 1 is 1.16 bits per heavy atom. The molecule has 1 aliphatic rings. The molecule has 1 aromatic rings. The van der Waals surface area contributed by atoms with E-state index in [0.29, 0.717) is 12.8 Å².